The zero-order valence-corrected chi connectivity index (χ0v) is 9.72. The molecule has 0 radical (unpaired) electrons. The molecule has 0 saturated heterocycles. The Morgan fingerprint density at radius 3 is 2.56 bits per heavy atom. The van der Waals surface area contributed by atoms with Gasteiger partial charge in [-0.15, -0.1) is 0 Å². The number of aromatic nitrogens is 2. The Morgan fingerprint density at radius 1 is 1.25 bits per heavy atom. The van der Waals surface area contributed by atoms with E-state index in [9.17, 15) is 0 Å². The highest BCUT2D eigenvalue weighted by atomic mass is 15.3. The summed E-state index contributed by atoms with van der Waals surface area (Å²) in [6.07, 6.45) is 1.99. The van der Waals surface area contributed by atoms with E-state index in [2.05, 4.69) is 24.2 Å². The minimum atomic E-state index is 0.134. The van der Waals surface area contributed by atoms with E-state index in [1.165, 1.54) is 11.1 Å². The fourth-order valence-electron chi connectivity index (χ4n) is 1.94. The van der Waals surface area contributed by atoms with Gasteiger partial charge in [0.15, 0.2) is 0 Å². The van der Waals surface area contributed by atoms with E-state index in [0.29, 0.717) is 6.54 Å². The quantitative estimate of drug-likeness (QED) is 0.851. The molecule has 0 fully saturated rings. The van der Waals surface area contributed by atoms with Crippen molar-refractivity contribution in [3.63, 3.8) is 0 Å². The Hall–Kier alpha value is -1.61. The molecule has 0 bridgehead atoms. The molecule has 2 rings (SSSR count). The van der Waals surface area contributed by atoms with Crippen LogP contribution in [-0.2, 0) is 0 Å². The van der Waals surface area contributed by atoms with Crippen molar-refractivity contribution in [1.82, 2.24) is 9.78 Å². The maximum Gasteiger partial charge on any atom is 0.0893 e. The van der Waals surface area contributed by atoms with E-state index in [0.717, 1.165) is 5.69 Å². The topological polar surface area (TPSA) is 43.8 Å². The SMILES string of the molecule is Cc1ccn(C(CN)c2ccccc2C)n1. The van der Waals surface area contributed by atoms with Crippen LogP contribution in [0.25, 0.3) is 0 Å². The number of rotatable bonds is 3. The van der Waals surface area contributed by atoms with E-state index in [4.69, 9.17) is 5.73 Å². The minimum absolute atomic E-state index is 0.134. The molecule has 1 heterocycles. The fraction of sp³-hybridized carbons (Fsp3) is 0.308. The summed E-state index contributed by atoms with van der Waals surface area (Å²) in [6.45, 7) is 4.66. The van der Waals surface area contributed by atoms with Crippen molar-refractivity contribution < 1.29 is 0 Å². The third kappa shape index (κ3) is 1.99. The Morgan fingerprint density at radius 2 is 2.00 bits per heavy atom. The summed E-state index contributed by atoms with van der Waals surface area (Å²) >= 11 is 0. The molecular weight excluding hydrogens is 198 g/mol. The first-order valence-corrected chi connectivity index (χ1v) is 5.49. The third-order valence-corrected chi connectivity index (χ3v) is 2.83. The minimum Gasteiger partial charge on any atom is -0.328 e. The van der Waals surface area contributed by atoms with Gasteiger partial charge in [0.05, 0.1) is 11.7 Å². The van der Waals surface area contributed by atoms with E-state index < -0.39 is 0 Å². The van der Waals surface area contributed by atoms with Crippen LogP contribution < -0.4 is 5.73 Å². The smallest absolute Gasteiger partial charge is 0.0893 e. The van der Waals surface area contributed by atoms with Gasteiger partial charge in [0.25, 0.3) is 0 Å². The van der Waals surface area contributed by atoms with Crippen molar-refractivity contribution in [2.75, 3.05) is 6.54 Å². The molecule has 0 aliphatic heterocycles. The van der Waals surface area contributed by atoms with Crippen LogP contribution in [-0.4, -0.2) is 16.3 Å². The summed E-state index contributed by atoms with van der Waals surface area (Å²) in [5.41, 5.74) is 9.37. The number of nitrogens with two attached hydrogens (primary N) is 1. The average molecular weight is 215 g/mol. The lowest BCUT2D eigenvalue weighted by molar-refractivity contribution is 0.526. The fourth-order valence-corrected chi connectivity index (χ4v) is 1.94. The number of hydrogen-bond acceptors (Lipinski definition) is 2. The summed E-state index contributed by atoms with van der Waals surface area (Å²) in [5, 5.41) is 4.44. The van der Waals surface area contributed by atoms with Crippen LogP contribution in [0.15, 0.2) is 36.5 Å². The number of aryl methyl sites for hydroxylation is 2. The Balaban J connectivity index is 2.40. The van der Waals surface area contributed by atoms with Crippen molar-refractivity contribution in [2.24, 2.45) is 5.73 Å². The lowest BCUT2D eigenvalue weighted by Gasteiger charge is -2.18. The largest absolute Gasteiger partial charge is 0.328 e. The molecule has 1 unspecified atom stereocenters. The summed E-state index contributed by atoms with van der Waals surface area (Å²) in [4.78, 5) is 0. The van der Waals surface area contributed by atoms with Crippen molar-refractivity contribution in [1.29, 1.82) is 0 Å². The second-order valence-corrected chi connectivity index (χ2v) is 4.05. The second-order valence-electron chi connectivity index (χ2n) is 4.05. The van der Waals surface area contributed by atoms with E-state index in [1.807, 2.05) is 36.0 Å². The van der Waals surface area contributed by atoms with Gasteiger partial charge in [-0.25, -0.2) is 0 Å². The molecule has 2 aromatic rings. The third-order valence-electron chi connectivity index (χ3n) is 2.83. The standard InChI is InChI=1S/C13H17N3/c1-10-5-3-4-6-12(10)13(9-14)16-8-7-11(2)15-16/h3-8,13H,9,14H2,1-2H3. The number of hydrogen-bond donors (Lipinski definition) is 1. The van der Waals surface area contributed by atoms with Crippen LogP contribution in [0.4, 0.5) is 0 Å². The molecule has 0 aliphatic carbocycles. The zero-order chi connectivity index (χ0) is 11.5. The molecular formula is C13H17N3. The van der Waals surface area contributed by atoms with Gasteiger partial charge in [-0.05, 0) is 31.0 Å². The second kappa shape index (κ2) is 4.49. The van der Waals surface area contributed by atoms with Crippen LogP contribution in [0.2, 0.25) is 0 Å². The van der Waals surface area contributed by atoms with Crippen LogP contribution in [0.3, 0.4) is 0 Å². The highest BCUT2D eigenvalue weighted by Gasteiger charge is 2.14. The summed E-state index contributed by atoms with van der Waals surface area (Å²) in [5.74, 6) is 0. The summed E-state index contributed by atoms with van der Waals surface area (Å²) < 4.78 is 1.94. The van der Waals surface area contributed by atoms with Crippen molar-refractivity contribution >= 4 is 0 Å². The van der Waals surface area contributed by atoms with E-state index >= 15 is 0 Å². The lowest BCUT2D eigenvalue weighted by Crippen LogP contribution is -2.21. The predicted molar refractivity (Wildman–Crippen MR) is 65.3 cm³/mol. The van der Waals surface area contributed by atoms with Gasteiger partial charge in [0.1, 0.15) is 0 Å². The van der Waals surface area contributed by atoms with Crippen LogP contribution >= 0.6 is 0 Å². The average Bonchev–Trinajstić information content (AvgIpc) is 2.69. The molecule has 0 saturated carbocycles. The lowest BCUT2D eigenvalue weighted by atomic mass is 10.0. The molecule has 1 atom stereocenters. The van der Waals surface area contributed by atoms with Gasteiger partial charge < -0.3 is 5.73 Å². The summed E-state index contributed by atoms with van der Waals surface area (Å²) in [6, 6.07) is 10.4. The molecule has 0 aliphatic rings. The van der Waals surface area contributed by atoms with E-state index in [1.54, 1.807) is 0 Å². The van der Waals surface area contributed by atoms with Crippen LogP contribution in [0.1, 0.15) is 22.9 Å². The Bertz CT molecular complexity index is 474. The molecule has 84 valence electrons. The van der Waals surface area contributed by atoms with E-state index in [-0.39, 0.29) is 6.04 Å². The Labute approximate surface area is 95.9 Å². The maximum atomic E-state index is 5.85. The summed E-state index contributed by atoms with van der Waals surface area (Å²) in [7, 11) is 0. The highest BCUT2D eigenvalue weighted by molar-refractivity contribution is 5.29. The molecule has 1 aromatic carbocycles. The highest BCUT2D eigenvalue weighted by Crippen LogP contribution is 2.20. The molecule has 1 aromatic heterocycles. The van der Waals surface area contributed by atoms with Gasteiger partial charge in [-0.2, -0.15) is 5.10 Å². The van der Waals surface area contributed by atoms with Gasteiger partial charge >= 0.3 is 0 Å². The first-order valence-electron chi connectivity index (χ1n) is 5.49. The normalized spacial score (nSPS) is 12.7. The molecule has 0 amide bonds. The monoisotopic (exact) mass is 215 g/mol. The van der Waals surface area contributed by atoms with Gasteiger partial charge in [0, 0.05) is 12.7 Å². The molecule has 3 heteroatoms. The first-order chi connectivity index (χ1) is 7.72. The van der Waals surface area contributed by atoms with Crippen LogP contribution in [0.5, 0.6) is 0 Å². The Kier molecular flexibility index (Phi) is 3.06. The van der Waals surface area contributed by atoms with Crippen molar-refractivity contribution in [3.8, 4) is 0 Å². The molecule has 3 nitrogen and oxygen atoms in total. The van der Waals surface area contributed by atoms with Gasteiger partial charge in [-0.1, -0.05) is 24.3 Å². The molecule has 2 N–H and O–H groups in total. The predicted octanol–water partition coefficient (Wildman–Crippen LogP) is 2.05. The molecule has 0 spiro atoms. The van der Waals surface area contributed by atoms with Gasteiger partial charge in [0.2, 0.25) is 0 Å². The molecule has 16 heavy (non-hydrogen) atoms. The van der Waals surface area contributed by atoms with Crippen molar-refractivity contribution in [3.05, 3.63) is 53.3 Å². The maximum absolute atomic E-state index is 5.85. The first kappa shape index (κ1) is 10.9. The van der Waals surface area contributed by atoms with Crippen molar-refractivity contribution in [2.45, 2.75) is 19.9 Å². The zero-order valence-electron chi connectivity index (χ0n) is 9.72. The van der Waals surface area contributed by atoms with Gasteiger partial charge in [-0.3, -0.25) is 4.68 Å². The van der Waals surface area contributed by atoms with Crippen LogP contribution in [0, 0.1) is 13.8 Å². The number of benzene rings is 1. The number of nitrogens with zero attached hydrogens (tertiary/aromatic N) is 2.